The van der Waals surface area contributed by atoms with Crippen LogP contribution < -0.4 is 9.44 Å². The summed E-state index contributed by atoms with van der Waals surface area (Å²) in [6, 6.07) is 5.30. The Labute approximate surface area is 161 Å². The fourth-order valence-electron chi connectivity index (χ4n) is 3.18. The summed E-state index contributed by atoms with van der Waals surface area (Å²) >= 11 is 0. The number of sulfonamides is 2. The fourth-order valence-corrected chi connectivity index (χ4v) is 5.50. The maximum Gasteiger partial charge on any atom is 0.240 e. The third-order valence-electron chi connectivity index (χ3n) is 4.56. The van der Waals surface area contributed by atoms with Gasteiger partial charge in [0, 0.05) is 32.2 Å². The van der Waals surface area contributed by atoms with Gasteiger partial charge in [-0.05, 0) is 51.0 Å². The minimum atomic E-state index is -3.68. The molecule has 1 heterocycles. The second-order valence-electron chi connectivity index (χ2n) is 7.28. The average Bonchev–Trinajstić information content (AvgIpc) is 3.37. The van der Waals surface area contributed by atoms with Crippen molar-refractivity contribution in [3.8, 4) is 0 Å². The van der Waals surface area contributed by atoms with Gasteiger partial charge >= 0.3 is 0 Å². The van der Waals surface area contributed by atoms with Crippen molar-refractivity contribution in [1.29, 1.82) is 0 Å². The molecule has 3 rings (SSSR count). The Balaban J connectivity index is 1.56. The molecule has 1 saturated carbocycles. The van der Waals surface area contributed by atoms with Crippen molar-refractivity contribution >= 4 is 20.0 Å². The van der Waals surface area contributed by atoms with Crippen LogP contribution in [-0.2, 0) is 24.8 Å². The summed E-state index contributed by atoms with van der Waals surface area (Å²) in [6.07, 6.45) is 1.94. The van der Waals surface area contributed by atoms with Crippen molar-refractivity contribution in [1.82, 2.24) is 14.3 Å². The Morgan fingerprint density at radius 2 is 1.48 bits per heavy atom. The quantitative estimate of drug-likeness (QED) is 0.639. The number of nitrogens with zero attached hydrogens (tertiary/aromatic N) is 1. The summed E-state index contributed by atoms with van der Waals surface area (Å²) < 4.78 is 60.0. The molecule has 0 bridgehead atoms. The van der Waals surface area contributed by atoms with Gasteiger partial charge in [0.15, 0.2) is 0 Å². The number of hydrogen-bond donors (Lipinski definition) is 2. The molecule has 1 aromatic rings. The normalized spacial score (nSPS) is 24.8. The van der Waals surface area contributed by atoms with E-state index < -0.39 is 20.0 Å². The minimum absolute atomic E-state index is 0.00528. The lowest BCUT2D eigenvalue weighted by Crippen LogP contribution is -2.47. The first kappa shape index (κ1) is 20.7. The number of nitrogens with one attached hydrogen (secondary N) is 2. The Morgan fingerprint density at radius 1 is 0.963 bits per heavy atom. The topological polar surface area (TPSA) is 105 Å². The fraction of sp³-hybridized carbons (Fsp3) is 0.647. The first-order chi connectivity index (χ1) is 12.7. The number of rotatable bonds is 8. The Hall–Kier alpha value is -1.04. The van der Waals surface area contributed by atoms with Crippen LogP contribution in [0.3, 0.4) is 0 Å². The van der Waals surface area contributed by atoms with E-state index in [-0.39, 0.29) is 34.6 Å². The summed E-state index contributed by atoms with van der Waals surface area (Å²) in [6.45, 7) is 6.42. The first-order valence-corrected chi connectivity index (χ1v) is 12.1. The highest BCUT2D eigenvalue weighted by molar-refractivity contribution is 7.90. The molecule has 1 aromatic carbocycles. The predicted molar refractivity (Wildman–Crippen MR) is 101 cm³/mol. The van der Waals surface area contributed by atoms with Crippen LogP contribution in [0.25, 0.3) is 0 Å². The second-order valence-corrected chi connectivity index (χ2v) is 10.8. The van der Waals surface area contributed by atoms with E-state index in [0.717, 1.165) is 25.9 Å². The summed E-state index contributed by atoms with van der Waals surface area (Å²) in [7, 11) is -7.27. The number of ether oxygens (including phenoxy) is 1. The molecule has 27 heavy (non-hydrogen) atoms. The average molecular weight is 418 g/mol. The van der Waals surface area contributed by atoms with Crippen LogP contribution in [0.4, 0.5) is 0 Å². The molecule has 2 aliphatic rings. The molecule has 2 unspecified atom stereocenters. The molecule has 1 saturated heterocycles. The maximum absolute atomic E-state index is 12.4. The summed E-state index contributed by atoms with van der Waals surface area (Å²) in [5.74, 6) is 0. The molecule has 2 N–H and O–H groups in total. The highest BCUT2D eigenvalue weighted by Crippen LogP contribution is 2.22. The van der Waals surface area contributed by atoms with E-state index in [4.69, 9.17) is 4.74 Å². The smallest absolute Gasteiger partial charge is 0.240 e. The summed E-state index contributed by atoms with van der Waals surface area (Å²) in [4.78, 5) is 2.29. The Morgan fingerprint density at radius 3 is 2.00 bits per heavy atom. The molecule has 2 fully saturated rings. The van der Waals surface area contributed by atoms with E-state index >= 15 is 0 Å². The van der Waals surface area contributed by atoms with E-state index in [2.05, 4.69) is 14.3 Å². The van der Waals surface area contributed by atoms with Crippen molar-refractivity contribution in [2.24, 2.45) is 0 Å². The van der Waals surface area contributed by atoms with Gasteiger partial charge in [-0.1, -0.05) is 0 Å². The lowest BCUT2D eigenvalue weighted by atomic mass is 10.2. The van der Waals surface area contributed by atoms with Gasteiger partial charge in [-0.25, -0.2) is 26.3 Å². The van der Waals surface area contributed by atoms with Crippen molar-refractivity contribution in [2.45, 2.75) is 54.7 Å². The standard InChI is InChI=1S/C17H27N3O5S2/c1-13-11-20(12-14(2)25-13)10-9-18-26(21,22)16-5-7-17(8-6-16)27(23,24)19-15-3-4-15/h5-8,13-15,18-19H,3-4,9-12H2,1-2H3. The molecule has 1 aliphatic carbocycles. The Kier molecular flexibility index (Phi) is 6.24. The molecule has 0 spiro atoms. The van der Waals surface area contributed by atoms with Gasteiger partial charge in [-0.3, -0.25) is 4.90 Å². The highest BCUT2D eigenvalue weighted by Gasteiger charge is 2.28. The van der Waals surface area contributed by atoms with Gasteiger partial charge < -0.3 is 4.74 Å². The van der Waals surface area contributed by atoms with Crippen LogP contribution in [0.2, 0.25) is 0 Å². The molecular formula is C17H27N3O5S2. The van der Waals surface area contributed by atoms with Gasteiger partial charge in [0.25, 0.3) is 0 Å². The second kappa shape index (κ2) is 8.14. The predicted octanol–water partition coefficient (Wildman–Crippen LogP) is 0.515. The van der Waals surface area contributed by atoms with Gasteiger partial charge in [0.2, 0.25) is 20.0 Å². The number of morpholine rings is 1. The highest BCUT2D eigenvalue weighted by atomic mass is 32.2. The lowest BCUT2D eigenvalue weighted by Gasteiger charge is -2.35. The largest absolute Gasteiger partial charge is 0.373 e. The van der Waals surface area contributed by atoms with Crippen molar-refractivity contribution in [3.05, 3.63) is 24.3 Å². The zero-order valence-corrected chi connectivity index (χ0v) is 17.2. The zero-order valence-electron chi connectivity index (χ0n) is 15.6. The summed E-state index contributed by atoms with van der Waals surface area (Å²) in [5.41, 5.74) is 0. The molecule has 8 nitrogen and oxygen atoms in total. The maximum atomic E-state index is 12.4. The van der Waals surface area contributed by atoms with Crippen LogP contribution >= 0.6 is 0 Å². The molecule has 1 aliphatic heterocycles. The SMILES string of the molecule is CC1CN(CCNS(=O)(=O)c2ccc(S(=O)(=O)NC3CC3)cc2)CC(C)O1. The molecule has 152 valence electrons. The number of benzene rings is 1. The van der Waals surface area contributed by atoms with E-state index in [1.165, 1.54) is 24.3 Å². The van der Waals surface area contributed by atoms with Crippen LogP contribution in [0, 0.1) is 0 Å². The molecule has 0 amide bonds. The monoisotopic (exact) mass is 417 g/mol. The van der Waals surface area contributed by atoms with E-state index in [9.17, 15) is 16.8 Å². The van der Waals surface area contributed by atoms with Crippen molar-refractivity contribution < 1.29 is 21.6 Å². The molecule has 10 heteroatoms. The number of hydrogen-bond acceptors (Lipinski definition) is 6. The van der Waals surface area contributed by atoms with Crippen LogP contribution in [-0.4, -0.2) is 66.2 Å². The summed E-state index contributed by atoms with van der Waals surface area (Å²) in [5, 5.41) is 0. The third kappa shape index (κ3) is 5.72. The van der Waals surface area contributed by atoms with Crippen LogP contribution in [0.5, 0.6) is 0 Å². The van der Waals surface area contributed by atoms with Crippen LogP contribution in [0.1, 0.15) is 26.7 Å². The van der Waals surface area contributed by atoms with Crippen molar-refractivity contribution in [2.75, 3.05) is 26.2 Å². The molecule has 2 atom stereocenters. The third-order valence-corrected chi connectivity index (χ3v) is 7.57. The zero-order chi connectivity index (χ0) is 19.7. The Bertz CT molecular complexity index is 841. The van der Waals surface area contributed by atoms with Gasteiger partial charge in [-0.2, -0.15) is 0 Å². The molecule has 0 radical (unpaired) electrons. The first-order valence-electron chi connectivity index (χ1n) is 9.15. The van der Waals surface area contributed by atoms with Gasteiger partial charge in [0.05, 0.1) is 22.0 Å². The minimum Gasteiger partial charge on any atom is -0.373 e. The van der Waals surface area contributed by atoms with Crippen LogP contribution in [0.15, 0.2) is 34.1 Å². The van der Waals surface area contributed by atoms with E-state index in [1.807, 2.05) is 13.8 Å². The van der Waals surface area contributed by atoms with E-state index in [1.54, 1.807) is 0 Å². The lowest BCUT2D eigenvalue weighted by molar-refractivity contribution is -0.0671. The van der Waals surface area contributed by atoms with Gasteiger partial charge in [-0.15, -0.1) is 0 Å². The molecular weight excluding hydrogens is 390 g/mol. The van der Waals surface area contributed by atoms with Crippen molar-refractivity contribution in [3.63, 3.8) is 0 Å². The molecule has 0 aromatic heterocycles. The van der Waals surface area contributed by atoms with E-state index in [0.29, 0.717) is 6.54 Å². The van der Waals surface area contributed by atoms with Gasteiger partial charge in [0.1, 0.15) is 0 Å².